The Kier molecular flexibility index (Phi) is 3.60. The maximum Gasteiger partial charge on any atom is 0.313 e. The monoisotopic (exact) mass is 322 g/mol. The Labute approximate surface area is 129 Å². The first-order chi connectivity index (χ1) is 10.0. The summed E-state index contributed by atoms with van der Waals surface area (Å²) in [6, 6.07) is 7.22. The van der Waals surface area contributed by atoms with Crippen molar-refractivity contribution < 1.29 is 9.90 Å². The number of thioether (sulfide) groups is 1. The molecule has 0 unspecified atom stereocenters. The van der Waals surface area contributed by atoms with Crippen LogP contribution in [0.5, 0.6) is 0 Å². The Morgan fingerprint density at radius 1 is 1.43 bits per heavy atom. The molecule has 8 heteroatoms. The molecule has 3 aromatic rings. The normalized spacial score (nSPS) is 11.1. The standard InChI is InChI=1S/C13H11ClN4O2S/c1-17-5-4-11(16-17)18-10-3-2-8(14)6-9(10)15-13(18)21-7-12(19)20/h2-6H,7H2,1H3,(H,19,20). The molecule has 6 nitrogen and oxygen atoms in total. The molecule has 0 spiro atoms. The van der Waals surface area contributed by atoms with Gasteiger partial charge in [-0.3, -0.25) is 14.0 Å². The predicted octanol–water partition coefficient (Wildman–Crippen LogP) is 2.59. The van der Waals surface area contributed by atoms with Crippen molar-refractivity contribution in [1.29, 1.82) is 0 Å². The van der Waals surface area contributed by atoms with Gasteiger partial charge in [0.15, 0.2) is 11.0 Å². The molecule has 0 fully saturated rings. The second kappa shape index (κ2) is 5.42. The molecule has 0 saturated carbocycles. The van der Waals surface area contributed by atoms with Gasteiger partial charge in [0, 0.05) is 24.3 Å². The molecule has 1 N–H and O–H groups in total. The molecule has 0 aliphatic carbocycles. The summed E-state index contributed by atoms with van der Waals surface area (Å²) in [6.45, 7) is 0. The number of rotatable bonds is 4. The summed E-state index contributed by atoms with van der Waals surface area (Å²) in [6.07, 6.45) is 1.82. The van der Waals surface area contributed by atoms with Crippen LogP contribution < -0.4 is 0 Å². The molecule has 108 valence electrons. The number of fused-ring (bicyclic) bond motifs is 1. The lowest BCUT2D eigenvalue weighted by molar-refractivity contribution is -0.133. The average molecular weight is 323 g/mol. The van der Waals surface area contributed by atoms with Crippen LogP contribution in [-0.4, -0.2) is 36.2 Å². The number of aromatic nitrogens is 4. The number of hydrogen-bond donors (Lipinski definition) is 1. The summed E-state index contributed by atoms with van der Waals surface area (Å²) in [4.78, 5) is 15.3. The second-order valence-corrected chi connectivity index (χ2v) is 5.77. The third-order valence-corrected chi connectivity index (χ3v) is 4.00. The van der Waals surface area contributed by atoms with Crippen molar-refractivity contribution in [3.63, 3.8) is 0 Å². The van der Waals surface area contributed by atoms with Gasteiger partial charge in [-0.25, -0.2) is 4.98 Å². The Hall–Kier alpha value is -1.99. The first kappa shape index (κ1) is 14.0. The molecule has 0 aliphatic heterocycles. The van der Waals surface area contributed by atoms with Crippen molar-refractivity contribution in [3.05, 3.63) is 35.5 Å². The van der Waals surface area contributed by atoms with Crippen molar-refractivity contribution in [2.75, 3.05) is 5.75 Å². The number of carboxylic acid groups (broad SMARTS) is 1. The van der Waals surface area contributed by atoms with E-state index >= 15 is 0 Å². The van der Waals surface area contributed by atoms with Crippen LogP contribution in [0.25, 0.3) is 16.9 Å². The fraction of sp³-hybridized carbons (Fsp3) is 0.154. The summed E-state index contributed by atoms with van der Waals surface area (Å²) in [5.74, 6) is -0.267. The first-order valence-corrected chi connectivity index (χ1v) is 7.43. The van der Waals surface area contributed by atoms with Crippen LogP contribution in [0.2, 0.25) is 5.02 Å². The minimum absolute atomic E-state index is 0.0656. The molecule has 1 aromatic carbocycles. The van der Waals surface area contributed by atoms with Gasteiger partial charge in [-0.15, -0.1) is 0 Å². The van der Waals surface area contributed by atoms with Crippen molar-refractivity contribution in [1.82, 2.24) is 19.3 Å². The van der Waals surface area contributed by atoms with Gasteiger partial charge in [0.25, 0.3) is 0 Å². The van der Waals surface area contributed by atoms with Crippen LogP contribution in [0.3, 0.4) is 0 Å². The van der Waals surface area contributed by atoms with E-state index in [0.717, 1.165) is 17.3 Å². The molecule has 0 bridgehead atoms. The number of carbonyl (C=O) groups is 1. The Morgan fingerprint density at radius 3 is 2.90 bits per heavy atom. The minimum atomic E-state index is -0.891. The second-order valence-electron chi connectivity index (χ2n) is 4.39. The van der Waals surface area contributed by atoms with Crippen LogP contribution in [0.15, 0.2) is 35.6 Å². The van der Waals surface area contributed by atoms with E-state index in [0.29, 0.717) is 21.5 Å². The van der Waals surface area contributed by atoms with E-state index in [1.54, 1.807) is 16.8 Å². The lowest BCUT2D eigenvalue weighted by Gasteiger charge is -2.04. The molecule has 0 aliphatic rings. The largest absolute Gasteiger partial charge is 0.481 e. The summed E-state index contributed by atoms with van der Waals surface area (Å²) in [5.41, 5.74) is 1.55. The third-order valence-electron chi connectivity index (χ3n) is 2.84. The van der Waals surface area contributed by atoms with E-state index in [2.05, 4.69) is 10.1 Å². The van der Waals surface area contributed by atoms with Gasteiger partial charge < -0.3 is 5.11 Å². The number of halogens is 1. The lowest BCUT2D eigenvalue weighted by atomic mass is 10.3. The Bertz CT molecular complexity index is 827. The summed E-state index contributed by atoms with van der Waals surface area (Å²) >= 11 is 7.14. The van der Waals surface area contributed by atoms with Gasteiger partial charge in [-0.05, 0) is 18.2 Å². The summed E-state index contributed by atoms with van der Waals surface area (Å²) in [7, 11) is 1.82. The molecule has 0 radical (unpaired) electrons. The zero-order chi connectivity index (χ0) is 15.0. The van der Waals surface area contributed by atoms with E-state index in [4.69, 9.17) is 16.7 Å². The van der Waals surface area contributed by atoms with E-state index in [1.807, 2.05) is 29.9 Å². The number of aliphatic carboxylic acids is 1. The van der Waals surface area contributed by atoms with Crippen LogP contribution in [0.1, 0.15) is 0 Å². The lowest BCUT2D eigenvalue weighted by Crippen LogP contribution is -2.02. The molecule has 2 heterocycles. The highest BCUT2D eigenvalue weighted by Gasteiger charge is 2.16. The van der Waals surface area contributed by atoms with E-state index in [1.165, 1.54) is 0 Å². The zero-order valence-electron chi connectivity index (χ0n) is 11.0. The van der Waals surface area contributed by atoms with Gasteiger partial charge >= 0.3 is 5.97 Å². The highest BCUT2D eigenvalue weighted by Crippen LogP contribution is 2.28. The Morgan fingerprint density at radius 2 is 2.24 bits per heavy atom. The molecule has 3 rings (SSSR count). The van der Waals surface area contributed by atoms with E-state index < -0.39 is 5.97 Å². The molecular weight excluding hydrogens is 312 g/mol. The van der Waals surface area contributed by atoms with Gasteiger partial charge in [-0.1, -0.05) is 23.4 Å². The van der Waals surface area contributed by atoms with Crippen LogP contribution in [0, 0.1) is 0 Å². The highest BCUT2D eigenvalue weighted by molar-refractivity contribution is 7.99. The maximum absolute atomic E-state index is 10.8. The Balaban J connectivity index is 2.17. The molecule has 0 amide bonds. The van der Waals surface area contributed by atoms with Crippen LogP contribution >= 0.6 is 23.4 Å². The maximum atomic E-state index is 10.8. The highest BCUT2D eigenvalue weighted by atomic mass is 35.5. The van der Waals surface area contributed by atoms with E-state index in [9.17, 15) is 4.79 Å². The minimum Gasteiger partial charge on any atom is -0.481 e. The number of aryl methyl sites for hydroxylation is 1. The number of carboxylic acids is 1. The van der Waals surface area contributed by atoms with Gasteiger partial charge in [0.05, 0.1) is 16.8 Å². The topological polar surface area (TPSA) is 72.9 Å². The number of nitrogens with zero attached hydrogens (tertiary/aromatic N) is 4. The first-order valence-electron chi connectivity index (χ1n) is 6.07. The third kappa shape index (κ3) is 2.74. The summed E-state index contributed by atoms with van der Waals surface area (Å²) < 4.78 is 3.52. The van der Waals surface area contributed by atoms with E-state index in [-0.39, 0.29) is 5.75 Å². The van der Waals surface area contributed by atoms with Crippen LogP contribution in [-0.2, 0) is 11.8 Å². The zero-order valence-corrected chi connectivity index (χ0v) is 12.6. The average Bonchev–Trinajstić information content (AvgIpc) is 2.98. The smallest absolute Gasteiger partial charge is 0.313 e. The fourth-order valence-corrected chi connectivity index (χ4v) is 2.90. The van der Waals surface area contributed by atoms with Crippen LogP contribution in [0.4, 0.5) is 0 Å². The molecule has 0 atom stereocenters. The predicted molar refractivity (Wildman–Crippen MR) is 81.2 cm³/mol. The quantitative estimate of drug-likeness (QED) is 0.747. The molecule has 0 saturated heterocycles. The number of hydrogen-bond acceptors (Lipinski definition) is 4. The fourth-order valence-electron chi connectivity index (χ4n) is 2.00. The SMILES string of the molecule is Cn1ccc(-n2c(SCC(=O)O)nc3cc(Cl)ccc32)n1. The van der Waals surface area contributed by atoms with Gasteiger partial charge in [-0.2, -0.15) is 5.10 Å². The van der Waals surface area contributed by atoms with Gasteiger partial charge in [0.2, 0.25) is 0 Å². The number of imidazole rings is 1. The van der Waals surface area contributed by atoms with Gasteiger partial charge in [0.1, 0.15) is 0 Å². The summed E-state index contributed by atoms with van der Waals surface area (Å²) in [5, 5.41) is 14.4. The molecule has 2 aromatic heterocycles. The number of benzene rings is 1. The van der Waals surface area contributed by atoms with Crippen molar-refractivity contribution >= 4 is 40.4 Å². The van der Waals surface area contributed by atoms with Crippen molar-refractivity contribution in [2.24, 2.45) is 7.05 Å². The molecular formula is C13H11ClN4O2S. The van der Waals surface area contributed by atoms with Crippen molar-refractivity contribution in [3.8, 4) is 5.82 Å². The molecule has 21 heavy (non-hydrogen) atoms. The van der Waals surface area contributed by atoms with Crippen molar-refractivity contribution in [2.45, 2.75) is 5.16 Å².